The summed E-state index contributed by atoms with van der Waals surface area (Å²) >= 11 is 2.60. The van der Waals surface area contributed by atoms with Gasteiger partial charge in [-0.2, -0.15) is 0 Å². The van der Waals surface area contributed by atoms with Gasteiger partial charge in [0.05, 0.1) is 19.0 Å². The lowest BCUT2D eigenvalue weighted by Gasteiger charge is -2.10. The molecule has 0 unspecified atom stereocenters. The number of anilines is 1. The Bertz CT molecular complexity index is 1400. The van der Waals surface area contributed by atoms with Crippen molar-refractivity contribution in [2.45, 2.75) is 39.4 Å². The number of thiophene rings is 1. The third-order valence-corrected chi connectivity index (χ3v) is 7.53. The number of carbonyl (C=O) groups is 2. The van der Waals surface area contributed by atoms with Crippen molar-refractivity contribution in [2.75, 3.05) is 24.3 Å². The van der Waals surface area contributed by atoms with E-state index in [2.05, 4.69) is 29.4 Å². The molecule has 1 amide bonds. The van der Waals surface area contributed by atoms with E-state index < -0.39 is 5.97 Å². The Labute approximate surface area is 236 Å². The molecule has 8 nitrogen and oxygen atoms in total. The first-order chi connectivity index (χ1) is 18.9. The molecule has 0 spiro atoms. The zero-order valence-electron chi connectivity index (χ0n) is 22.5. The van der Waals surface area contributed by atoms with Crippen LogP contribution in [0, 0.1) is 5.92 Å². The number of nitrogens with zero attached hydrogens (tertiary/aromatic N) is 3. The Morgan fingerprint density at radius 3 is 2.44 bits per heavy atom. The van der Waals surface area contributed by atoms with Crippen LogP contribution in [0.1, 0.15) is 38.1 Å². The van der Waals surface area contributed by atoms with Crippen LogP contribution in [0.3, 0.4) is 0 Å². The van der Waals surface area contributed by atoms with Gasteiger partial charge < -0.3 is 19.4 Å². The maximum absolute atomic E-state index is 12.9. The minimum Gasteiger partial charge on any atom is -0.493 e. The van der Waals surface area contributed by atoms with E-state index in [4.69, 9.17) is 9.47 Å². The van der Waals surface area contributed by atoms with Crippen molar-refractivity contribution in [1.82, 2.24) is 14.8 Å². The van der Waals surface area contributed by atoms with Crippen LogP contribution in [0.2, 0.25) is 0 Å². The number of ether oxygens (including phenoxy) is 2. The molecule has 2 aromatic heterocycles. The molecular formula is C29H32N4O4S2. The molecule has 4 rings (SSSR count). The predicted octanol–water partition coefficient (Wildman–Crippen LogP) is 6.64. The van der Waals surface area contributed by atoms with Crippen LogP contribution in [0.25, 0.3) is 22.5 Å². The predicted molar refractivity (Wildman–Crippen MR) is 157 cm³/mol. The molecule has 2 aromatic carbocycles. The summed E-state index contributed by atoms with van der Waals surface area (Å²) in [6, 6.07) is 17.4. The van der Waals surface area contributed by atoms with Crippen molar-refractivity contribution >= 4 is 40.0 Å². The largest absolute Gasteiger partial charge is 0.493 e. The van der Waals surface area contributed by atoms with Crippen molar-refractivity contribution in [3.63, 3.8) is 0 Å². The monoisotopic (exact) mass is 564 g/mol. The molecule has 39 heavy (non-hydrogen) atoms. The lowest BCUT2D eigenvalue weighted by Crippen LogP contribution is -2.16. The fourth-order valence-electron chi connectivity index (χ4n) is 3.84. The summed E-state index contributed by atoms with van der Waals surface area (Å²) in [5, 5.41) is 14.6. The van der Waals surface area contributed by atoms with E-state index in [0.29, 0.717) is 34.8 Å². The molecule has 0 bridgehead atoms. The minimum absolute atomic E-state index is 0.112. The quantitative estimate of drug-likeness (QED) is 0.152. The smallest absolute Gasteiger partial charge is 0.341 e. The lowest BCUT2D eigenvalue weighted by molar-refractivity contribution is -0.113. The average molecular weight is 565 g/mol. The molecule has 0 atom stereocenters. The maximum atomic E-state index is 12.9. The van der Waals surface area contributed by atoms with E-state index in [1.54, 1.807) is 6.92 Å². The zero-order valence-corrected chi connectivity index (χ0v) is 24.1. The molecule has 0 fully saturated rings. The van der Waals surface area contributed by atoms with Gasteiger partial charge in [-0.25, -0.2) is 4.79 Å². The Hall–Kier alpha value is -3.63. The van der Waals surface area contributed by atoms with Gasteiger partial charge in [-0.1, -0.05) is 55.9 Å². The molecular weight excluding hydrogens is 532 g/mol. The topological polar surface area (TPSA) is 95.3 Å². The number of aromatic nitrogens is 3. The molecule has 4 aromatic rings. The molecule has 2 heterocycles. The second-order valence-corrected chi connectivity index (χ2v) is 10.9. The number of rotatable bonds is 12. The standard InChI is InChI=1S/C29H32N4O4S2/c1-5-33-26(21-12-14-22(15-13-21)37-16-19(3)4)31-32-29(33)39-18-24(34)30-27-25(28(35)36-6-2)23(17-38-27)20-10-8-7-9-11-20/h7-15,17,19H,5-6,16,18H2,1-4H3,(H,30,34). The summed E-state index contributed by atoms with van der Waals surface area (Å²) in [6.45, 7) is 9.55. The maximum Gasteiger partial charge on any atom is 0.341 e. The Morgan fingerprint density at radius 2 is 1.77 bits per heavy atom. The number of thioether (sulfide) groups is 1. The van der Waals surface area contributed by atoms with Gasteiger partial charge in [0.2, 0.25) is 5.91 Å². The normalized spacial score (nSPS) is 11.0. The second kappa shape index (κ2) is 13.4. The third-order valence-electron chi connectivity index (χ3n) is 5.67. The molecule has 0 aliphatic carbocycles. The average Bonchev–Trinajstić information content (AvgIpc) is 3.55. The molecule has 0 aliphatic rings. The van der Waals surface area contributed by atoms with Crippen molar-refractivity contribution < 1.29 is 19.1 Å². The summed E-state index contributed by atoms with van der Waals surface area (Å²) in [5.74, 6) is 1.40. The molecule has 0 saturated carbocycles. The van der Waals surface area contributed by atoms with Crippen LogP contribution in [-0.4, -0.2) is 45.6 Å². The van der Waals surface area contributed by atoms with Crippen molar-refractivity contribution in [3.8, 4) is 28.3 Å². The number of benzene rings is 2. The molecule has 204 valence electrons. The van der Waals surface area contributed by atoms with E-state index in [0.717, 1.165) is 28.3 Å². The Kier molecular flexibility index (Phi) is 9.78. The van der Waals surface area contributed by atoms with Gasteiger partial charge in [-0.15, -0.1) is 21.5 Å². The third kappa shape index (κ3) is 7.07. The zero-order chi connectivity index (χ0) is 27.8. The number of nitrogens with one attached hydrogen (secondary N) is 1. The van der Waals surface area contributed by atoms with E-state index in [-0.39, 0.29) is 18.3 Å². The van der Waals surface area contributed by atoms with Gasteiger partial charge in [0.1, 0.15) is 16.3 Å². The first-order valence-electron chi connectivity index (χ1n) is 12.8. The van der Waals surface area contributed by atoms with Crippen molar-refractivity contribution in [3.05, 3.63) is 65.5 Å². The number of hydrogen-bond donors (Lipinski definition) is 1. The summed E-state index contributed by atoms with van der Waals surface area (Å²) in [4.78, 5) is 25.7. The van der Waals surface area contributed by atoms with Crippen LogP contribution in [0.4, 0.5) is 5.00 Å². The minimum atomic E-state index is -0.462. The van der Waals surface area contributed by atoms with Crippen molar-refractivity contribution in [1.29, 1.82) is 0 Å². The van der Waals surface area contributed by atoms with Gasteiger partial charge >= 0.3 is 5.97 Å². The summed E-state index contributed by atoms with van der Waals surface area (Å²) in [7, 11) is 0. The molecule has 0 saturated heterocycles. The van der Waals surface area contributed by atoms with Gasteiger partial charge in [0.25, 0.3) is 0 Å². The van der Waals surface area contributed by atoms with Gasteiger partial charge in [-0.05, 0) is 49.6 Å². The number of carbonyl (C=O) groups excluding carboxylic acids is 2. The summed E-state index contributed by atoms with van der Waals surface area (Å²) in [6.07, 6.45) is 0. The molecule has 0 aliphatic heterocycles. The van der Waals surface area contributed by atoms with E-state index in [1.807, 2.05) is 71.5 Å². The highest BCUT2D eigenvalue weighted by atomic mass is 32.2. The van der Waals surface area contributed by atoms with E-state index >= 15 is 0 Å². The highest BCUT2D eigenvalue weighted by Crippen LogP contribution is 2.36. The number of amides is 1. The SMILES string of the molecule is CCOC(=O)c1c(-c2ccccc2)csc1NC(=O)CSc1nnc(-c2ccc(OCC(C)C)cc2)n1CC. The van der Waals surface area contributed by atoms with Crippen LogP contribution in [0.5, 0.6) is 5.75 Å². The van der Waals surface area contributed by atoms with Gasteiger partial charge in [0.15, 0.2) is 11.0 Å². The Balaban J connectivity index is 1.45. The highest BCUT2D eigenvalue weighted by Gasteiger charge is 2.23. The second-order valence-electron chi connectivity index (χ2n) is 9.06. The van der Waals surface area contributed by atoms with Crippen LogP contribution >= 0.6 is 23.1 Å². The van der Waals surface area contributed by atoms with Crippen molar-refractivity contribution in [2.24, 2.45) is 5.92 Å². The first kappa shape index (κ1) is 28.4. The highest BCUT2D eigenvalue weighted by molar-refractivity contribution is 7.99. The fourth-order valence-corrected chi connectivity index (χ4v) is 5.61. The van der Waals surface area contributed by atoms with Gasteiger partial charge in [0, 0.05) is 23.1 Å². The van der Waals surface area contributed by atoms with Crippen LogP contribution < -0.4 is 10.1 Å². The summed E-state index contributed by atoms with van der Waals surface area (Å²) in [5.41, 5.74) is 2.91. The van der Waals surface area contributed by atoms with E-state index in [9.17, 15) is 9.59 Å². The lowest BCUT2D eigenvalue weighted by atomic mass is 10.0. The number of esters is 1. The van der Waals surface area contributed by atoms with Crippen LogP contribution in [0.15, 0.2) is 65.1 Å². The van der Waals surface area contributed by atoms with Crippen LogP contribution in [-0.2, 0) is 16.1 Å². The molecule has 1 N–H and O–H groups in total. The molecule has 0 radical (unpaired) electrons. The molecule has 10 heteroatoms. The fraction of sp³-hybridized carbons (Fsp3) is 0.310. The Morgan fingerprint density at radius 1 is 1.03 bits per heavy atom. The van der Waals surface area contributed by atoms with E-state index in [1.165, 1.54) is 23.1 Å². The first-order valence-corrected chi connectivity index (χ1v) is 14.7. The van der Waals surface area contributed by atoms with Gasteiger partial charge in [-0.3, -0.25) is 4.79 Å². The summed E-state index contributed by atoms with van der Waals surface area (Å²) < 4.78 is 13.0. The number of hydrogen-bond acceptors (Lipinski definition) is 8.